The zero-order valence-electron chi connectivity index (χ0n) is 8.88. The summed E-state index contributed by atoms with van der Waals surface area (Å²) in [6, 6.07) is 1.71. The fourth-order valence-corrected chi connectivity index (χ4v) is 2.25. The summed E-state index contributed by atoms with van der Waals surface area (Å²) in [5, 5.41) is 0. The van der Waals surface area contributed by atoms with Crippen LogP contribution in [0.25, 0.3) is 0 Å². The second-order valence-corrected chi connectivity index (χ2v) is 3.76. The summed E-state index contributed by atoms with van der Waals surface area (Å²) in [4.78, 5) is 5.02. The van der Waals surface area contributed by atoms with E-state index in [9.17, 15) is 0 Å². The quantitative estimate of drug-likeness (QED) is 0.542. The van der Waals surface area contributed by atoms with Crippen LogP contribution in [0.4, 0.5) is 0 Å². The van der Waals surface area contributed by atoms with E-state index in [1.54, 1.807) is 0 Å². The molecule has 3 fully saturated rings. The molecule has 0 aliphatic carbocycles. The first-order valence-electron chi connectivity index (χ1n) is 5.18. The smallest absolute Gasteiger partial charge is 0.0221 e. The maximum Gasteiger partial charge on any atom is 0.0221 e. The lowest BCUT2D eigenvalue weighted by Crippen LogP contribution is -2.59. The number of piperazine rings is 1. The van der Waals surface area contributed by atoms with E-state index in [0.717, 1.165) is 12.1 Å². The first-order valence-corrected chi connectivity index (χ1v) is 5.18. The highest BCUT2D eigenvalue weighted by Crippen LogP contribution is 2.25. The molecule has 3 saturated heterocycles. The molecule has 0 spiro atoms. The first kappa shape index (κ1) is 10.0. The van der Waals surface area contributed by atoms with Crippen molar-refractivity contribution in [3.8, 4) is 0 Å². The average molecular weight is 170 g/mol. The predicted octanol–water partition coefficient (Wildman–Crippen LogP) is 1.42. The number of fused-ring (bicyclic) bond motifs is 3. The van der Waals surface area contributed by atoms with Crippen molar-refractivity contribution in [3.05, 3.63) is 0 Å². The monoisotopic (exact) mass is 170 g/mol. The number of likely N-dealkylation sites (N-methyl/N-ethyl adjacent to an activating group) is 2. The Morgan fingerprint density at radius 3 is 1.33 bits per heavy atom. The summed E-state index contributed by atoms with van der Waals surface area (Å²) in [5.74, 6) is 0. The summed E-state index contributed by atoms with van der Waals surface area (Å²) < 4.78 is 0. The highest BCUT2D eigenvalue weighted by Gasteiger charge is 2.34. The predicted molar refractivity (Wildman–Crippen MR) is 53.4 cm³/mol. The SMILES string of the molecule is CC.CN1CC2CCC1CN2C. The van der Waals surface area contributed by atoms with Crippen LogP contribution in [0.5, 0.6) is 0 Å². The number of piperidine rings is 2. The molecule has 0 amide bonds. The highest BCUT2D eigenvalue weighted by molar-refractivity contribution is 4.91. The van der Waals surface area contributed by atoms with E-state index in [0.29, 0.717) is 0 Å². The molecular formula is C10H22N2. The summed E-state index contributed by atoms with van der Waals surface area (Å²) >= 11 is 0. The number of hydrogen-bond acceptors (Lipinski definition) is 2. The van der Waals surface area contributed by atoms with Gasteiger partial charge in [0.15, 0.2) is 0 Å². The molecule has 0 saturated carbocycles. The van der Waals surface area contributed by atoms with Gasteiger partial charge < -0.3 is 9.80 Å². The number of hydrogen-bond donors (Lipinski definition) is 0. The molecule has 2 heteroatoms. The van der Waals surface area contributed by atoms with Gasteiger partial charge in [0.1, 0.15) is 0 Å². The average Bonchev–Trinajstić information content (AvgIpc) is 2.11. The van der Waals surface area contributed by atoms with Gasteiger partial charge in [-0.05, 0) is 26.9 Å². The number of rotatable bonds is 0. The Hall–Kier alpha value is -0.0800. The largest absolute Gasteiger partial charge is 0.301 e. The zero-order valence-corrected chi connectivity index (χ0v) is 8.88. The fourth-order valence-electron chi connectivity index (χ4n) is 2.25. The molecule has 2 unspecified atom stereocenters. The molecule has 12 heavy (non-hydrogen) atoms. The highest BCUT2D eigenvalue weighted by atomic mass is 15.3. The number of nitrogens with zero attached hydrogens (tertiary/aromatic N) is 2. The maximum absolute atomic E-state index is 2.51. The third-order valence-corrected chi connectivity index (χ3v) is 3.08. The van der Waals surface area contributed by atoms with Gasteiger partial charge in [-0.3, -0.25) is 0 Å². The van der Waals surface area contributed by atoms with Crippen LogP contribution in [-0.2, 0) is 0 Å². The maximum atomic E-state index is 2.51. The van der Waals surface area contributed by atoms with Crippen LogP contribution in [0, 0.1) is 0 Å². The summed E-state index contributed by atoms with van der Waals surface area (Å²) in [6.07, 6.45) is 2.84. The summed E-state index contributed by atoms with van der Waals surface area (Å²) in [7, 11) is 4.51. The van der Waals surface area contributed by atoms with Gasteiger partial charge in [0.2, 0.25) is 0 Å². The second kappa shape index (κ2) is 4.24. The topological polar surface area (TPSA) is 6.48 Å². The van der Waals surface area contributed by atoms with E-state index in [4.69, 9.17) is 0 Å². The molecule has 0 N–H and O–H groups in total. The molecule has 0 aromatic heterocycles. The van der Waals surface area contributed by atoms with Crippen molar-refractivity contribution in [1.82, 2.24) is 9.80 Å². The second-order valence-electron chi connectivity index (χ2n) is 3.76. The molecule has 0 aromatic rings. The van der Waals surface area contributed by atoms with Gasteiger partial charge in [-0.1, -0.05) is 13.8 Å². The summed E-state index contributed by atoms with van der Waals surface area (Å²) in [6.45, 7) is 6.59. The Morgan fingerprint density at radius 2 is 1.17 bits per heavy atom. The molecule has 3 aliphatic heterocycles. The van der Waals surface area contributed by atoms with E-state index < -0.39 is 0 Å². The minimum absolute atomic E-state index is 0.856. The Labute approximate surface area is 76.5 Å². The molecule has 2 nitrogen and oxygen atoms in total. The van der Waals surface area contributed by atoms with Crippen LogP contribution in [0.3, 0.4) is 0 Å². The Kier molecular flexibility index (Phi) is 3.53. The molecular weight excluding hydrogens is 148 g/mol. The van der Waals surface area contributed by atoms with Crippen LogP contribution in [0.15, 0.2) is 0 Å². The molecule has 3 aliphatic rings. The third kappa shape index (κ3) is 1.80. The van der Waals surface area contributed by atoms with Gasteiger partial charge >= 0.3 is 0 Å². The minimum atomic E-state index is 0.856. The zero-order chi connectivity index (χ0) is 9.14. The van der Waals surface area contributed by atoms with Crippen LogP contribution < -0.4 is 0 Å². The minimum Gasteiger partial charge on any atom is -0.301 e. The lowest BCUT2D eigenvalue weighted by Gasteiger charge is -2.48. The molecule has 2 atom stereocenters. The molecule has 0 radical (unpaired) electrons. The van der Waals surface area contributed by atoms with E-state index in [2.05, 4.69) is 23.9 Å². The Balaban J connectivity index is 0.000000336. The molecule has 72 valence electrons. The van der Waals surface area contributed by atoms with Gasteiger partial charge in [0.05, 0.1) is 0 Å². The van der Waals surface area contributed by atoms with Crippen molar-refractivity contribution in [2.24, 2.45) is 0 Å². The normalized spacial score (nSPS) is 36.0. The van der Waals surface area contributed by atoms with E-state index in [-0.39, 0.29) is 0 Å². The van der Waals surface area contributed by atoms with Gasteiger partial charge in [-0.15, -0.1) is 0 Å². The van der Waals surface area contributed by atoms with Gasteiger partial charge in [-0.2, -0.15) is 0 Å². The lowest BCUT2D eigenvalue weighted by molar-refractivity contribution is 0.00971. The van der Waals surface area contributed by atoms with Crippen molar-refractivity contribution in [2.75, 3.05) is 27.2 Å². The van der Waals surface area contributed by atoms with Crippen molar-refractivity contribution >= 4 is 0 Å². The molecule has 3 rings (SSSR count). The van der Waals surface area contributed by atoms with Gasteiger partial charge in [0, 0.05) is 25.2 Å². The molecule has 0 aromatic carbocycles. The lowest BCUT2D eigenvalue weighted by atomic mass is 9.92. The Morgan fingerprint density at radius 1 is 0.833 bits per heavy atom. The fraction of sp³-hybridized carbons (Fsp3) is 1.00. The standard InChI is InChI=1S/C8H16N2.C2H6/c1-9-5-8-4-3-7(9)6-10(8)2;1-2/h7-8H,3-6H2,1-2H3;1-2H3. The van der Waals surface area contributed by atoms with Gasteiger partial charge in [0.25, 0.3) is 0 Å². The molecule has 2 bridgehead atoms. The van der Waals surface area contributed by atoms with Crippen molar-refractivity contribution in [1.29, 1.82) is 0 Å². The summed E-state index contributed by atoms with van der Waals surface area (Å²) in [5.41, 5.74) is 0. The van der Waals surface area contributed by atoms with Crippen LogP contribution >= 0.6 is 0 Å². The van der Waals surface area contributed by atoms with E-state index >= 15 is 0 Å². The third-order valence-electron chi connectivity index (χ3n) is 3.08. The van der Waals surface area contributed by atoms with Crippen LogP contribution in [-0.4, -0.2) is 49.1 Å². The van der Waals surface area contributed by atoms with Gasteiger partial charge in [-0.25, -0.2) is 0 Å². The van der Waals surface area contributed by atoms with E-state index in [1.807, 2.05) is 13.8 Å². The van der Waals surface area contributed by atoms with Crippen molar-refractivity contribution in [2.45, 2.75) is 38.8 Å². The van der Waals surface area contributed by atoms with Crippen LogP contribution in [0.2, 0.25) is 0 Å². The Bertz CT molecular complexity index is 120. The van der Waals surface area contributed by atoms with Crippen LogP contribution in [0.1, 0.15) is 26.7 Å². The molecule has 3 heterocycles. The van der Waals surface area contributed by atoms with E-state index in [1.165, 1.54) is 25.9 Å². The van der Waals surface area contributed by atoms with Crippen molar-refractivity contribution in [3.63, 3.8) is 0 Å². The van der Waals surface area contributed by atoms with Crippen molar-refractivity contribution < 1.29 is 0 Å². The first-order chi connectivity index (χ1) is 5.77.